The molecule has 1 heterocycles. The van der Waals surface area contributed by atoms with Crippen molar-refractivity contribution in [1.82, 2.24) is 15.3 Å². The topological polar surface area (TPSA) is 66.9 Å². The lowest BCUT2D eigenvalue weighted by Gasteiger charge is -2.12. The molecule has 0 radical (unpaired) electrons. The van der Waals surface area contributed by atoms with Gasteiger partial charge >= 0.3 is 0 Å². The molecule has 5 nitrogen and oxygen atoms in total. The Bertz CT molecular complexity index is 658. The lowest BCUT2D eigenvalue weighted by atomic mass is 10.2. The molecule has 0 saturated heterocycles. The van der Waals surface area contributed by atoms with Crippen LogP contribution in [0.15, 0.2) is 30.3 Å². The van der Waals surface area contributed by atoms with Crippen LogP contribution in [0.25, 0.3) is 0 Å². The van der Waals surface area contributed by atoms with Crippen LogP contribution in [0.2, 0.25) is 5.02 Å². The quantitative estimate of drug-likeness (QED) is 0.882. The van der Waals surface area contributed by atoms with E-state index in [9.17, 15) is 4.79 Å². The first-order valence-corrected chi connectivity index (χ1v) is 7.55. The Morgan fingerprint density at radius 2 is 1.95 bits per heavy atom. The zero-order valence-corrected chi connectivity index (χ0v) is 13.6. The number of hydrogen-bond donors (Lipinski definition) is 2. The molecule has 0 aliphatic heterocycles. The van der Waals surface area contributed by atoms with Crippen molar-refractivity contribution in [3.05, 3.63) is 46.7 Å². The second-order valence-corrected chi connectivity index (χ2v) is 5.57. The third-order valence-corrected chi connectivity index (χ3v) is 3.43. The van der Waals surface area contributed by atoms with Gasteiger partial charge in [0.2, 0.25) is 5.95 Å². The molecule has 22 heavy (non-hydrogen) atoms. The van der Waals surface area contributed by atoms with E-state index in [1.165, 1.54) is 0 Å². The maximum atomic E-state index is 12.2. The normalized spacial score (nSPS) is 11.8. The summed E-state index contributed by atoms with van der Waals surface area (Å²) < 4.78 is 0. The number of anilines is 2. The van der Waals surface area contributed by atoms with Crippen LogP contribution in [-0.2, 0) is 0 Å². The van der Waals surface area contributed by atoms with E-state index in [1.807, 2.05) is 32.9 Å². The minimum atomic E-state index is -0.195. The van der Waals surface area contributed by atoms with Gasteiger partial charge in [0.15, 0.2) is 0 Å². The Morgan fingerprint density at radius 1 is 1.27 bits per heavy atom. The third-order valence-electron chi connectivity index (χ3n) is 3.18. The monoisotopic (exact) mass is 318 g/mol. The number of aryl methyl sites for hydroxylation is 1. The molecule has 2 rings (SSSR count). The number of nitrogens with zero attached hydrogens (tertiary/aromatic N) is 2. The number of carbonyl (C=O) groups excluding carboxylic acids is 1. The highest BCUT2D eigenvalue weighted by Crippen LogP contribution is 2.17. The number of halogens is 1. The molecule has 0 spiro atoms. The summed E-state index contributed by atoms with van der Waals surface area (Å²) >= 11 is 5.86. The molecule has 1 aromatic carbocycles. The van der Waals surface area contributed by atoms with E-state index in [2.05, 4.69) is 20.6 Å². The molecule has 2 aromatic rings. The van der Waals surface area contributed by atoms with Gasteiger partial charge in [-0.2, -0.15) is 0 Å². The lowest BCUT2D eigenvalue weighted by molar-refractivity contribution is 0.0934. The molecule has 0 bridgehead atoms. The number of amides is 1. The molecule has 1 aromatic heterocycles. The summed E-state index contributed by atoms with van der Waals surface area (Å²) in [5.74, 6) is 0.190. The summed E-state index contributed by atoms with van der Waals surface area (Å²) in [6.07, 6.45) is 0.867. The Labute approximate surface area is 135 Å². The van der Waals surface area contributed by atoms with E-state index in [4.69, 9.17) is 11.6 Å². The van der Waals surface area contributed by atoms with Crippen molar-refractivity contribution < 1.29 is 4.79 Å². The molecule has 6 heteroatoms. The Balaban J connectivity index is 2.19. The molecule has 2 N–H and O–H groups in total. The maximum absolute atomic E-state index is 12.2. The number of nitrogens with one attached hydrogen (secondary N) is 2. The predicted octanol–water partition coefficient (Wildman–Crippen LogP) is 3.71. The van der Waals surface area contributed by atoms with E-state index in [-0.39, 0.29) is 11.9 Å². The van der Waals surface area contributed by atoms with Crippen LogP contribution in [0.5, 0.6) is 0 Å². The minimum absolute atomic E-state index is 0.107. The molecule has 1 unspecified atom stereocenters. The first-order chi connectivity index (χ1) is 10.5. The Morgan fingerprint density at radius 3 is 2.59 bits per heavy atom. The van der Waals surface area contributed by atoms with Gasteiger partial charge in [-0.25, -0.2) is 9.97 Å². The van der Waals surface area contributed by atoms with Gasteiger partial charge < -0.3 is 10.6 Å². The molecular formula is C16H19ClN4O. The Kier molecular flexibility index (Phi) is 5.33. The molecule has 1 atom stereocenters. The SMILES string of the molecule is CCC(C)NC(=O)c1cc(C)nc(Nc2ccc(Cl)cc2)n1. The van der Waals surface area contributed by atoms with Crippen molar-refractivity contribution in [2.24, 2.45) is 0 Å². The van der Waals surface area contributed by atoms with Crippen LogP contribution in [0.1, 0.15) is 36.5 Å². The maximum Gasteiger partial charge on any atom is 0.270 e. The summed E-state index contributed by atoms with van der Waals surface area (Å²) in [4.78, 5) is 20.7. The zero-order chi connectivity index (χ0) is 16.1. The van der Waals surface area contributed by atoms with Gasteiger partial charge in [-0.05, 0) is 50.6 Å². The summed E-state index contributed by atoms with van der Waals surface area (Å²) in [5, 5.41) is 6.63. The van der Waals surface area contributed by atoms with Crippen LogP contribution in [0.3, 0.4) is 0 Å². The number of carbonyl (C=O) groups is 1. The summed E-state index contributed by atoms with van der Waals surface area (Å²) in [6, 6.07) is 8.98. The summed E-state index contributed by atoms with van der Waals surface area (Å²) in [7, 11) is 0. The van der Waals surface area contributed by atoms with Gasteiger partial charge in [0.25, 0.3) is 5.91 Å². The molecule has 0 saturated carbocycles. The fourth-order valence-corrected chi connectivity index (χ4v) is 1.93. The third kappa shape index (κ3) is 4.43. The fourth-order valence-electron chi connectivity index (χ4n) is 1.80. The van der Waals surface area contributed by atoms with E-state index >= 15 is 0 Å². The molecule has 0 aliphatic carbocycles. The van der Waals surface area contributed by atoms with Gasteiger partial charge in [0.05, 0.1) is 0 Å². The van der Waals surface area contributed by atoms with E-state index in [1.54, 1.807) is 18.2 Å². The van der Waals surface area contributed by atoms with Gasteiger partial charge in [-0.1, -0.05) is 18.5 Å². The van der Waals surface area contributed by atoms with Crippen LogP contribution >= 0.6 is 11.6 Å². The number of aromatic nitrogens is 2. The van der Waals surface area contributed by atoms with Crippen LogP contribution in [0, 0.1) is 6.92 Å². The standard InChI is InChI=1S/C16H19ClN4O/c1-4-10(2)18-15(22)14-9-11(3)19-16(21-14)20-13-7-5-12(17)6-8-13/h5-10H,4H2,1-3H3,(H,18,22)(H,19,20,21). The number of benzene rings is 1. The van der Waals surface area contributed by atoms with E-state index < -0.39 is 0 Å². The second-order valence-electron chi connectivity index (χ2n) is 5.13. The fraction of sp³-hybridized carbons (Fsp3) is 0.312. The van der Waals surface area contributed by atoms with Crippen LogP contribution in [-0.4, -0.2) is 21.9 Å². The zero-order valence-electron chi connectivity index (χ0n) is 12.9. The van der Waals surface area contributed by atoms with Gasteiger partial charge in [0, 0.05) is 22.4 Å². The van der Waals surface area contributed by atoms with E-state index in [0.717, 1.165) is 17.8 Å². The lowest BCUT2D eigenvalue weighted by Crippen LogP contribution is -2.32. The van der Waals surface area contributed by atoms with Gasteiger partial charge in [-0.15, -0.1) is 0 Å². The average Bonchev–Trinajstić information content (AvgIpc) is 2.49. The second kappa shape index (κ2) is 7.22. The van der Waals surface area contributed by atoms with Gasteiger partial charge in [-0.3, -0.25) is 4.79 Å². The van der Waals surface area contributed by atoms with Crippen molar-refractivity contribution in [2.45, 2.75) is 33.2 Å². The highest BCUT2D eigenvalue weighted by Gasteiger charge is 2.12. The first kappa shape index (κ1) is 16.2. The highest BCUT2D eigenvalue weighted by molar-refractivity contribution is 6.30. The van der Waals surface area contributed by atoms with Crippen molar-refractivity contribution in [2.75, 3.05) is 5.32 Å². The summed E-state index contributed by atoms with van der Waals surface area (Å²) in [6.45, 7) is 5.80. The molecule has 116 valence electrons. The smallest absolute Gasteiger partial charge is 0.270 e. The molecule has 1 amide bonds. The first-order valence-electron chi connectivity index (χ1n) is 7.17. The summed E-state index contributed by atoms with van der Waals surface area (Å²) in [5.41, 5.74) is 1.88. The number of rotatable bonds is 5. The molecular weight excluding hydrogens is 300 g/mol. The van der Waals surface area contributed by atoms with Gasteiger partial charge in [0.1, 0.15) is 5.69 Å². The molecule has 0 fully saturated rings. The van der Waals surface area contributed by atoms with Crippen molar-refractivity contribution in [1.29, 1.82) is 0 Å². The van der Waals surface area contributed by atoms with Crippen LogP contribution < -0.4 is 10.6 Å². The highest BCUT2D eigenvalue weighted by atomic mass is 35.5. The van der Waals surface area contributed by atoms with Crippen molar-refractivity contribution in [3.8, 4) is 0 Å². The minimum Gasteiger partial charge on any atom is -0.348 e. The predicted molar refractivity (Wildman–Crippen MR) is 88.7 cm³/mol. The van der Waals surface area contributed by atoms with E-state index in [0.29, 0.717) is 16.7 Å². The van der Waals surface area contributed by atoms with Crippen LogP contribution in [0.4, 0.5) is 11.6 Å². The number of hydrogen-bond acceptors (Lipinski definition) is 4. The van der Waals surface area contributed by atoms with Crippen molar-refractivity contribution >= 4 is 29.1 Å². The largest absolute Gasteiger partial charge is 0.348 e. The average molecular weight is 319 g/mol. The van der Waals surface area contributed by atoms with Crippen molar-refractivity contribution in [3.63, 3.8) is 0 Å². The Hall–Kier alpha value is -2.14. The molecule has 0 aliphatic rings.